The molecule has 1 aromatic heterocycles. The number of nitrogen functional groups attached to an aromatic ring is 1. The highest BCUT2D eigenvalue weighted by molar-refractivity contribution is 6.05. The number of fused-ring (bicyclic) bond motifs is 1. The predicted octanol–water partition coefficient (Wildman–Crippen LogP) is 4.77. The summed E-state index contributed by atoms with van der Waals surface area (Å²) in [5.74, 6) is -1.41. The summed E-state index contributed by atoms with van der Waals surface area (Å²) < 4.78 is 41.5. The quantitative estimate of drug-likeness (QED) is 0.372. The summed E-state index contributed by atoms with van der Waals surface area (Å²) in [5.41, 5.74) is 7.56. The van der Waals surface area contributed by atoms with Crippen molar-refractivity contribution in [3.8, 4) is 5.69 Å². The molecule has 0 saturated heterocycles. The SMILES string of the molecule is CCN1C(=O)[C@H](NC(=O)c2cccc(C(F)(F)F)c2)C(c2ccccc2N)c2cnn(-c3ccccc3)c21. The number of carbonyl (C=O) groups excluding carboxylic acids is 2. The fraction of sp³-hybridized carbons (Fsp3) is 0.179. The molecule has 10 heteroatoms. The fourth-order valence-electron chi connectivity index (χ4n) is 4.85. The van der Waals surface area contributed by atoms with Crippen molar-refractivity contribution in [3.63, 3.8) is 0 Å². The zero-order valence-corrected chi connectivity index (χ0v) is 20.3. The Bertz CT molecular complexity index is 1500. The van der Waals surface area contributed by atoms with E-state index in [-0.39, 0.29) is 12.1 Å². The Labute approximate surface area is 216 Å². The Morgan fingerprint density at radius 2 is 1.71 bits per heavy atom. The van der Waals surface area contributed by atoms with E-state index < -0.39 is 35.5 Å². The molecule has 194 valence electrons. The summed E-state index contributed by atoms with van der Waals surface area (Å²) in [7, 11) is 0. The van der Waals surface area contributed by atoms with E-state index in [0.29, 0.717) is 22.6 Å². The van der Waals surface area contributed by atoms with Crippen LogP contribution in [0.1, 0.15) is 39.9 Å². The third-order valence-electron chi connectivity index (χ3n) is 6.61. The Hall–Kier alpha value is -4.60. The van der Waals surface area contributed by atoms with Crippen molar-refractivity contribution in [2.45, 2.75) is 25.1 Å². The van der Waals surface area contributed by atoms with E-state index in [9.17, 15) is 22.8 Å². The van der Waals surface area contributed by atoms with Crippen LogP contribution in [0, 0.1) is 0 Å². The highest BCUT2D eigenvalue weighted by Gasteiger charge is 2.45. The lowest BCUT2D eigenvalue weighted by molar-refractivity contribution is -0.137. The van der Waals surface area contributed by atoms with Crippen LogP contribution in [0.4, 0.5) is 24.7 Å². The van der Waals surface area contributed by atoms with Crippen LogP contribution in [-0.4, -0.2) is 34.2 Å². The molecule has 38 heavy (non-hydrogen) atoms. The van der Waals surface area contributed by atoms with Gasteiger partial charge in [0.05, 0.1) is 17.4 Å². The van der Waals surface area contributed by atoms with Crippen molar-refractivity contribution in [3.05, 3.63) is 107 Å². The average molecular weight is 520 g/mol. The Kier molecular flexibility index (Phi) is 6.40. The topological polar surface area (TPSA) is 93.2 Å². The summed E-state index contributed by atoms with van der Waals surface area (Å²) >= 11 is 0. The molecule has 0 aliphatic carbocycles. The number of rotatable bonds is 5. The number of alkyl halides is 3. The lowest BCUT2D eigenvalue weighted by Gasteiger charge is -2.38. The highest BCUT2D eigenvalue weighted by atomic mass is 19.4. The van der Waals surface area contributed by atoms with Gasteiger partial charge in [-0.25, -0.2) is 4.68 Å². The van der Waals surface area contributed by atoms with E-state index in [0.717, 1.165) is 23.9 Å². The number of para-hydroxylation sites is 2. The number of carbonyl (C=O) groups is 2. The molecule has 2 amide bonds. The van der Waals surface area contributed by atoms with E-state index in [4.69, 9.17) is 5.73 Å². The van der Waals surface area contributed by atoms with Gasteiger partial charge in [-0.15, -0.1) is 0 Å². The molecule has 4 aromatic rings. The largest absolute Gasteiger partial charge is 0.416 e. The van der Waals surface area contributed by atoms with E-state index in [1.54, 1.807) is 42.1 Å². The smallest absolute Gasteiger partial charge is 0.398 e. The van der Waals surface area contributed by atoms with E-state index in [1.165, 1.54) is 11.0 Å². The zero-order chi connectivity index (χ0) is 27.0. The average Bonchev–Trinajstić information content (AvgIpc) is 3.34. The molecule has 7 nitrogen and oxygen atoms in total. The molecule has 1 aliphatic heterocycles. The van der Waals surface area contributed by atoms with Gasteiger partial charge in [-0.2, -0.15) is 18.3 Å². The maximum Gasteiger partial charge on any atom is 0.416 e. The maximum absolute atomic E-state index is 13.9. The second-order valence-corrected chi connectivity index (χ2v) is 8.89. The Balaban J connectivity index is 1.63. The Morgan fingerprint density at radius 1 is 1.00 bits per heavy atom. The van der Waals surface area contributed by atoms with Crippen molar-refractivity contribution < 1.29 is 22.8 Å². The lowest BCUT2D eigenvalue weighted by Crippen LogP contribution is -2.55. The van der Waals surface area contributed by atoms with Gasteiger partial charge >= 0.3 is 6.18 Å². The second-order valence-electron chi connectivity index (χ2n) is 8.89. The molecular formula is C28H24F3N5O2. The monoisotopic (exact) mass is 519 g/mol. The fourth-order valence-corrected chi connectivity index (χ4v) is 4.85. The number of nitrogens with one attached hydrogen (secondary N) is 1. The molecular weight excluding hydrogens is 495 g/mol. The number of hydrogen-bond acceptors (Lipinski definition) is 4. The van der Waals surface area contributed by atoms with Crippen LogP contribution in [0.5, 0.6) is 0 Å². The first-order valence-electron chi connectivity index (χ1n) is 12.0. The van der Waals surface area contributed by atoms with Crippen molar-refractivity contribution in [1.82, 2.24) is 15.1 Å². The van der Waals surface area contributed by atoms with Gasteiger partial charge in [0.15, 0.2) is 0 Å². The molecule has 0 fully saturated rings. The van der Waals surface area contributed by atoms with Crippen LogP contribution in [0.25, 0.3) is 5.69 Å². The molecule has 3 aromatic carbocycles. The summed E-state index contributed by atoms with van der Waals surface area (Å²) in [4.78, 5) is 28.7. The summed E-state index contributed by atoms with van der Waals surface area (Å²) in [5, 5.41) is 7.26. The Morgan fingerprint density at radius 3 is 2.39 bits per heavy atom. The number of hydrogen-bond donors (Lipinski definition) is 2. The van der Waals surface area contributed by atoms with Crippen LogP contribution in [0.2, 0.25) is 0 Å². The number of likely N-dealkylation sites (N-methyl/N-ethyl adjacent to an activating group) is 1. The minimum absolute atomic E-state index is 0.207. The number of nitrogens with two attached hydrogens (primary N) is 1. The van der Waals surface area contributed by atoms with Gasteiger partial charge < -0.3 is 11.1 Å². The van der Waals surface area contributed by atoms with Gasteiger partial charge in [-0.05, 0) is 48.9 Å². The maximum atomic E-state index is 13.9. The molecule has 3 N–H and O–H groups in total. The first-order valence-corrected chi connectivity index (χ1v) is 12.0. The van der Waals surface area contributed by atoms with E-state index in [1.807, 2.05) is 30.3 Å². The first-order chi connectivity index (χ1) is 18.2. The summed E-state index contributed by atoms with van der Waals surface area (Å²) in [6.07, 6.45) is -2.98. The van der Waals surface area contributed by atoms with Crippen molar-refractivity contribution in [2.75, 3.05) is 17.2 Å². The minimum atomic E-state index is -4.61. The molecule has 2 atom stereocenters. The van der Waals surface area contributed by atoms with Gasteiger partial charge in [0.2, 0.25) is 0 Å². The normalized spacial score (nSPS) is 17.3. The minimum Gasteiger partial charge on any atom is -0.398 e. The van der Waals surface area contributed by atoms with Crippen LogP contribution < -0.4 is 16.0 Å². The molecule has 0 radical (unpaired) electrons. The van der Waals surface area contributed by atoms with E-state index >= 15 is 0 Å². The molecule has 0 bridgehead atoms. The molecule has 0 saturated carbocycles. The van der Waals surface area contributed by atoms with Gasteiger partial charge in [0.1, 0.15) is 11.9 Å². The van der Waals surface area contributed by atoms with Crippen LogP contribution in [0.3, 0.4) is 0 Å². The van der Waals surface area contributed by atoms with Gasteiger partial charge in [-0.3, -0.25) is 14.5 Å². The summed E-state index contributed by atoms with van der Waals surface area (Å²) in [6.45, 7) is 2.07. The molecule has 2 heterocycles. The van der Waals surface area contributed by atoms with Crippen molar-refractivity contribution >= 4 is 23.3 Å². The summed E-state index contributed by atoms with van der Waals surface area (Å²) in [6, 6.07) is 19.2. The van der Waals surface area contributed by atoms with Gasteiger partial charge in [0.25, 0.3) is 11.8 Å². The molecule has 5 rings (SSSR count). The molecule has 0 spiro atoms. The number of nitrogens with zero attached hydrogens (tertiary/aromatic N) is 3. The number of amides is 2. The van der Waals surface area contributed by atoms with Crippen molar-refractivity contribution in [1.29, 1.82) is 0 Å². The first kappa shape index (κ1) is 25.1. The lowest BCUT2D eigenvalue weighted by atomic mass is 9.81. The standard InChI is InChI=1S/C28H24F3N5O2/c1-2-35-26-21(16-33-36(26)19-11-4-3-5-12-19)23(20-13-6-7-14-22(20)32)24(27(35)38)34-25(37)17-9-8-10-18(15-17)28(29,30)31/h3-16,23-24H,2,32H2,1H3,(H,34,37)/t23?,24-/m1/s1. The number of benzene rings is 3. The van der Waals surface area contributed by atoms with E-state index in [2.05, 4.69) is 10.4 Å². The molecule has 1 unspecified atom stereocenters. The third-order valence-corrected chi connectivity index (χ3v) is 6.61. The van der Waals surface area contributed by atoms with Crippen molar-refractivity contribution in [2.24, 2.45) is 0 Å². The van der Waals surface area contributed by atoms with Crippen LogP contribution in [0.15, 0.2) is 85.1 Å². The third kappa shape index (κ3) is 4.38. The predicted molar refractivity (Wildman–Crippen MR) is 137 cm³/mol. The van der Waals surface area contributed by atoms with Crippen LogP contribution >= 0.6 is 0 Å². The highest BCUT2D eigenvalue weighted by Crippen LogP contribution is 2.43. The van der Waals surface area contributed by atoms with Gasteiger partial charge in [-0.1, -0.05) is 42.5 Å². The second kappa shape index (κ2) is 9.70. The molecule has 1 aliphatic rings. The van der Waals surface area contributed by atoms with Crippen LogP contribution in [-0.2, 0) is 11.0 Å². The number of anilines is 2. The zero-order valence-electron chi connectivity index (χ0n) is 20.3. The number of aromatic nitrogens is 2. The van der Waals surface area contributed by atoms with Gasteiger partial charge in [0, 0.05) is 29.3 Å². The number of halogens is 3.